The first-order valence-corrected chi connectivity index (χ1v) is 7.19. The van der Waals surface area contributed by atoms with Gasteiger partial charge in [0.2, 0.25) is 5.91 Å². The molecule has 0 radical (unpaired) electrons. The van der Waals surface area contributed by atoms with E-state index in [0.29, 0.717) is 18.0 Å². The minimum Gasteiger partial charge on any atom is -0.352 e. The second kappa shape index (κ2) is 8.15. The van der Waals surface area contributed by atoms with Crippen LogP contribution < -0.4 is 11.1 Å². The zero-order valence-corrected chi connectivity index (χ0v) is 13.1. The van der Waals surface area contributed by atoms with E-state index in [-0.39, 0.29) is 43.0 Å². The summed E-state index contributed by atoms with van der Waals surface area (Å²) in [5.74, 6) is 0.473. The summed E-state index contributed by atoms with van der Waals surface area (Å²) in [5.41, 5.74) is 7.43. The van der Waals surface area contributed by atoms with Crippen LogP contribution in [0.1, 0.15) is 41.6 Å². The lowest BCUT2D eigenvalue weighted by Gasteiger charge is -2.15. The molecule has 5 heteroatoms. The quantitative estimate of drug-likeness (QED) is 0.759. The van der Waals surface area contributed by atoms with Gasteiger partial charge in [0.25, 0.3) is 0 Å². The Labute approximate surface area is 131 Å². The highest BCUT2D eigenvalue weighted by atomic mass is 35.5. The normalized spacial score (nSPS) is 15.0. The predicted octanol–water partition coefficient (Wildman–Crippen LogP) is 2.23. The van der Waals surface area contributed by atoms with Gasteiger partial charge in [0, 0.05) is 31.0 Å². The number of hydrogen-bond acceptors (Lipinski definition) is 3. The Morgan fingerprint density at radius 1 is 1.24 bits per heavy atom. The molecule has 0 aromatic heterocycles. The van der Waals surface area contributed by atoms with Crippen molar-refractivity contribution in [3.8, 4) is 0 Å². The second-order valence-electron chi connectivity index (χ2n) is 5.54. The highest BCUT2D eigenvalue weighted by Crippen LogP contribution is 2.32. The van der Waals surface area contributed by atoms with E-state index in [1.807, 2.05) is 31.2 Å². The molecule has 1 amide bonds. The summed E-state index contributed by atoms with van der Waals surface area (Å²) in [5, 5.41) is 2.93. The Morgan fingerprint density at radius 2 is 1.86 bits per heavy atom. The molecule has 0 heterocycles. The molecule has 0 aliphatic heterocycles. The van der Waals surface area contributed by atoms with Crippen molar-refractivity contribution < 1.29 is 9.59 Å². The maximum Gasteiger partial charge on any atom is 0.220 e. The summed E-state index contributed by atoms with van der Waals surface area (Å²) in [6, 6.07) is 7.51. The number of rotatable bonds is 7. The van der Waals surface area contributed by atoms with Crippen LogP contribution in [-0.2, 0) is 4.79 Å². The van der Waals surface area contributed by atoms with E-state index in [9.17, 15) is 9.59 Å². The van der Waals surface area contributed by atoms with Crippen molar-refractivity contribution in [1.29, 1.82) is 0 Å². The molecule has 1 saturated carbocycles. The maximum atomic E-state index is 12.0. The van der Waals surface area contributed by atoms with Crippen molar-refractivity contribution in [3.63, 3.8) is 0 Å². The number of Topliss-reactive ketones (excluding diaryl/α,β-unsaturated/α-hetero) is 1. The lowest BCUT2D eigenvalue weighted by molar-refractivity contribution is -0.121. The molecule has 1 aliphatic carbocycles. The molecular weight excluding hydrogens is 288 g/mol. The van der Waals surface area contributed by atoms with Crippen LogP contribution in [0.3, 0.4) is 0 Å². The van der Waals surface area contributed by atoms with Gasteiger partial charge in [-0.25, -0.2) is 0 Å². The number of nitrogens with one attached hydrogen (secondary N) is 1. The molecule has 1 aromatic carbocycles. The van der Waals surface area contributed by atoms with Crippen LogP contribution in [0.5, 0.6) is 0 Å². The summed E-state index contributed by atoms with van der Waals surface area (Å²) in [7, 11) is 0. The zero-order chi connectivity index (χ0) is 14.5. The van der Waals surface area contributed by atoms with Crippen molar-refractivity contribution in [1.82, 2.24) is 5.32 Å². The lowest BCUT2D eigenvalue weighted by Crippen LogP contribution is -2.41. The first-order valence-electron chi connectivity index (χ1n) is 7.19. The Balaban J connectivity index is 0.00000220. The minimum absolute atomic E-state index is 0. The molecule has 1 unspecified atom stereocenters. The third-order valence-corrected chi connectivity index (χ3v) is 3.74. The van der Waals surface area contributed by atoms with E-state index in [4.69, 9.17) is 5.73 Å². The Hall–Kier alpha value is -1.39. The summed E-state index contributed by atoms with van der Waals surface area (Å²) >= 11 is 0. The van der Waals surface area contributed by atoms with E-state index in [1.54, 1.807) is 0 Å². The number of carbonyl (C=O) groups excluding carboxylic acids is 2. The minimum atomic E-state index is -0.0761. The van der Waals surface area contributed by atoms with Crippen LogP contribution in [0.4, 0.5) is 0 Å². The van der Waals surface area contributed by atoms with Gasteiger partial charge in [-0.1, -0.05) is 29.8 Å². The van der Waals surface area contributed by atoms with Crippen molar-refractivity contribution in [2.75, 3.05) is 6.54 Å². The van der Waals surface area contributed by atoms with Gasteiger partial charge in [-0.3, -0.25) is 9.59 Å². The van der Waals surface area contributed by atoms with Gasteiger partial charge in [-0.2, -0.15) is 0 Å². The maximum absolute atomic E-state index is 12.0. The van der Waals surface area contributed by atoms with E-state index >= 15 is 0 Å². The first-order chi connectivity index (χ1) is 9.60. The molecule has 1 aliphatic rings. The van der Waals surface area contributed by atoms with Crippen LogP contribution in [-0.4, -0.2) is 24.3 Å². The highest BCUT2D eigenvalue weighted by molar-refractivity contribution is 5.98. The van der Waals surface area contributed by atoms with Crippen LogP contribution in [0, 0.1) is 12.8 Å². The van der Waals surface area contributed by atoms with Crippen LogP contribution >= 0.6 is 12.4 Å². The molecule has 3 N–H and O–H groups in total. The van der Waals surface area contributed by atoms with E-state index < -0.39 is 0 Å². The van der Waals surface area contributed by atoms with Crippen molar-refractivity contribution in [2.45, 2.75) is 38.6 Å². The molecule has 2 rings (SSSR count). The van der Waals surface area contributed by atoms with Crippen LogP contribution in [0.2, 0.25) is 0 Å². The number of halogens is 1. The SMILES string of the molecule is Cc1ccc(C(=O)CCC(=O)NC(CN)C2CC2)cc1.Cl. The Kier molecular flexibility index (Phi) is 6.85. The van der Waals surface area contributed by atoms with E-state index in [1.165, 1.54) is 0 Å². The van der Waals surface area contributed by atoms with E-state index in [0.717, 1.165) is 18.4 Å². The Bertz CT molecular complexity index is 484. The molecule has 1 fully saturated rings. The van der Waals surface area contributed by atoms with Crippen LogP contribution in [0.25, 0.3) is 0 Å². The van der Waals surface area contributed by atoms with Crippen molar-refractivity contribution in [2.24, 2.45) is 11.7 Å². The van der Waals surface area contributed by atoms with Gasteiger partial charge in [0.1, 0.15) is 0 Å². The van der Waals surface area contributed by atoms with Crippen molar-refractivity contribution in [3.05, 3.63) is 35.4 Å². The monoisotopic (exact) mass is 310 g/mol. The number of amides is 1. The third-order valence-electron chi connectivity index (χ3n) is 3.74. The smallest absolute Gasteiger partial charge is 0.220 e. The fourth-order valence-electron chi connectivity index (χ4n) is 2.26. The summed E-state index contributed by atoms with van der Waals surface area (Å²) < 4.78 is 0. The fraction of sp³-hybridized carbons (Fsp3) is 0.500. The number of carbonyl (C=O) groups is 2. The molecule has 0 saturated heterocycles. The number of benzene rings is 1. The molecule has 4 nitrogen and oxygen atoms in total. The van der Waals surface area contributed by atoms with Crippen molar-refractivity contribution >= 4 is 24.1 Å². The van der Waals surface area contributed by atoms with Gasteiger partial charge in [0.15, 0.2) is 5.78 Å². The average Bonchev–Trinajstić information content (AvgIpc) is 3.27. The van der Waals surface area contributed by atoms with Crippen LogP contribution in [0.15, 0.2) is 24.3 Å². The standard InChI is InChI=1S/C16H22N2O2.ClH/c1-11-2-4-13(5-3-11)15(19)8-9-16(20)18-14(10-17)12-6-7-12;/h2-5,12,14H,6-10,17H2,1H3,(H,18,20);1H. The molecule has 0 bridgehead atoms. The fourth-order valence-corrected chi connectivity index (χ4v) is 2.26. The molecule has 21 heavy (non-hydrogen) atoms. The van der Waals surface area contributed by atoms with Gasteiger partial charge >= 0.3 is 0 Å². The summed E-state index contributed by atoms with van der Waals surface area (Å²) in [6.07, 6.45) is 2.77. The molecule has 0 spiro atoms. The molecule has 1 atom stereocenters. The Morgan fingerprint density at radius 3 is 2.38 bits per heavy atom. The summed E-state index contributed by atoms with van der Waals surface area (Å²) in [4.78, 5) is 23.8. The third kappa shape index (κ3) is 5.48. The molecule has 116 valence electrons. The average molecular weight is 311 g/mol. The van der Waals surface area contributed by atoms with Gasteiger partial charge in [-0.15, -0.1) is 12.4 Å². The summed E-state index contributed by atoms with van der Waals surface area (Å²) in [6.45, 7) is 2.45. The number of aryl methyl sites for hydroxylation is 1. The number of ketones is 1. The number of nitrogens with two attached hydrogens (primary N) is 1. The predicted molar refractivity (Wildman–Crippen MR) is 85.7 cm³/mol. The lowest BCUT2D eigenvalue weighted by atomic mass is 10.0. The van der Waals surface area contributed by atoms with E-state index in [2.05, 4.69) is 5.32 Å². The molecule has 1 aromatic rings. The largest absolute Gasteiger partial charge is 0.352 e. The highest BCUT2D eigenvalue weighted by Gasteiger charge is 2.31. The zero-order valence-electron chi connectivity index (χ0n) is 12.3. The first kappa shape index (κ1) is 17.7. The molecular formula is C16H23ClN2O2. The topological polar surface area (TPSA) is 72.2 Å². The second-order valence-corrected chi connectivity index (χ2v) is 5.54. The van der Waals surface area contributed by atoms with Gasteiger partial charge in [0.05, 0.1) is 0 Å². The van der Waals surface area contributed by atoms with Gasteiger partial charge < -0.3 is 11.1 Å². The number of hydrogen-bond donors (Lipinski definition) is 2. The van der Waals surface area contributed by atoms with Gasteiger partial charge in [-0.05, 0) is 25.7 Å².